The standard InChI is InChI=1S/C25H29FN8O2/c1-15-11-22(32(4)31-15)24(35)33-8-5-18(6-9-33)21-13-28-25(34-14-29-30-23(21)34)27-12-20(16(2)26)19-7-10-36-17(19)3/h5,11,13-14H,6-10,12H2,1-4H3,(H,27,28)/b20-16+. The van der Waals surface area contributed by atoms with Gasteiger partial charge in [-0.05, 0) is 38.8 Å². The molecule has 0 spiro atoms. The number of nitrogens with one attached hydrogen (secondary N) is 1. The van der Waals surface area contributed by atoms with Crippen LogP contribution in [0.4, 0.5) is 10.3 Å². The van der Waals surface area contributed by atoms with Crippen molar-refractivity contribution in [1.82, 2.24) is 34.3 Å². The molecule has 2 aliphatic rings. The number of nitrogens with zero attached hydrogens (tertiary/aromatic N) is 7. The number of amides is 1. The van der Waals surface area contributed by atoms with Crippen LogP contribution in [-0.4, -0.2) is 66.4 Å². The van der Waals surface area contributed by atoms with Gasteiger partial charge in [0.1, 0.15) is 17.8 Å². The van der Waals surface area contributed by atoms with Crippen molar-refractivity contribution in [3.05, 3.63) is 64.4 Å². The van der Waals surface area contributed by atoms with E-state index in [2.05, 4.69) is 25.6 Å². The number of aryl methyl sites for hydroxylation is 2. The fourth-order valence-electron chi connectivity index (χ4n) is 4.78. The van der Waals surface area contributed by atoms with E-state index < -0.39 is 0 Å². The Bertz CT molecular complexity index is 1430. The second kappa shape index (κ2) is 9.56. The number of fused-ring (bicyclic) bond motifs is 1. The SMILES string of the molecule is CC1=C(/C(CNc2ncc(C3=CCN(C(=O)c4cc(C)nn4C)CC3)c3nncn23)=C(\C)F)CCO1. The number of anilines is 1. The zero-order valence-electron chi connectivity index (χ0n) is 20.9. The number of allylic oxidation sites excluding steroid dienone is 2. The third-order valence-corrected chi connectivity index (χ3v) is 6.70. The van der Waals surface area contributed by atoms with Gasteiger partial charge in [-0.15, -0.1) is 10.2 Å². The first-order valence-electron chi connectivity index (χ1n) is 11.9. The molecule has 1 N–H and O–H groups in total. The van der Waals surface area contributed by atoms with Crippen LogP contribution in [0.3, 0.4) is 0 Å². The molecule has 0 atom stereocenters. The van der Waals surface area contributed by atoms with Gasteiger partial charge in [-0.2, -0.15) is 5.10 Å². The summed E-state index contributed by atoms with van der Waals surface area (Å²) in [6.07, 6.45) is 6.74. The van der Waals surface area contributed by atoms with E-state index in [0.717, 1.165) is 28.2 Å². The molecule has 11 heteroatoms. The maximum Gasteiger partial charge on any atom is 0.272 e. The Balaban J connectivity index is 1.34. The molecule has 36 heavy (non-hydrogen) atoms. The van der Waals surface area contributed by atoms with E-state index in [1.54, 1.807) is 39.6 Å². The van der Waals surface area contributed by atoms with Crippen molar-refractivity contribution in [2.24, 2.45) is 7.05 Å². The summed E-state index contributed by atoms with van der Waals surface area (Å²) in [5, 5.41) is 15.9. The van der Waals surface area contributed by atoms with Gasteiger partial charge in [0.15, 0.2) is 5.65 Å². The number of ether oxygens (including phenoxy) is 1. The molecule has 5 heterocycles. The molecule has 188 valence electrons. The topological polar surface area (TPSA) is 102 Å². The van der Waals surface area contributed by atoms with Crippen molar-refractivity contribution in [2.45, 2.75) is 33.6 Å². The number of halogens is 1. The summed E-state index contributed by atoms with van der Waals surface area (Å²) in [6.45, 7) is 7.10. The smallest absolute Gasteiger partial charge is 0.272 e. The molecule has 3 aromatic rings. The normalized spacial score (nSPS) is 16.8. The largest absolute Gasteiger partial charge is 0.498 e. The molecule has 0 aromatic carbocycles. The lowest BCUT2D eigenvalue weighted by molar-refractivity contribution is 0.0762. The van der Waals surface area contributed by atoms with Gasteiger partial charge in [0.2, 0.25) is 5.95 Å². The van der Waals surface area contributed by atoms with Crippen molar-refractivity contribution >= 4 is 23.1 Å². The Morgan fingerprint density at radius 3 is 2.75 bits per heavy atom. The third kappa shape index (κ3) is 4.36. The van der Waals surface area contributed by atoms with E-state index in [0.29, 0.717) is 55.4 Å². The van der Waals surface area contributed by atoms with Crippen LogP contribution < -0.4 is 5.32 Å². The molecule has 0 bridgehead atoms. The number of hydrogen-bond donors (Lipinski definition) is 1. The first-order chi connectivity index (χ1) is 17.3. The number of carbonyl (C=O) groups excluding carboxylic acids is 1. The first kappa shape index (κ1) is 23.7. The molecule has 10 nitrogen and oxygen atoms in total. The van der Waals surface area contributed by atoms with Gasteiger partial charge in [0.05, 0.1) is 18.1 Å². The number of carbonyl (C=O) groups is 1. The van der Waals surface area contributed by atoms with Crippen molar-refractivity contribution in [3.63, 3.8) is 0 Å². The monoisotopic (exact) mass is 492 g/mol. The summed E-state index contributed by atoms with van der Waals surface area (Å²) in [6, 6.07) is 1.81. The van der Waals surface area contributed by atoms with E-state index in [1.165, 1.54) is 6.92 Å². The number of aromatic nitrogens is 6. The van der Waals surface area contributed by atoms with Crippen molar-refractivity contribution in [1.29, 1.82) is 0 Å². The van der Waals surface area contributed by atoms with Crippen molar-refractivity contribution < 1.29 is 13.9 Å². The van der Waals surface area contributed by atoms with Gasteiger partial charge in [-0.25, -0.2) is 9.37 Å². The van der Waals surface area contributed by atoms with Crippen LogP contribution in [0, 0.1) is 6.92 Å². The van der Waals surface area contributed by atoms with Gasteiger partial charge in [-0.3, -0.25) is 13.9 Å². The Hall–Kier alpha value is -4.02. The van der Waals surface area contributed by atoms with Crippen molar-refractivity contribution in [2.75, 3.05) is 31.6 Å². The molecular formula is C25H29FN8O2. The second-order valence-electron chi connectivity index (χ2n) is 9.04. The average molecular weight is 493 g/mol. The minimum Gasteiger partial charge on any atom is -0.498 e. The first-order valence-corrected chi connectivity index (χ1v) is 11.9. The number of rotatable bonds is 6. The summed E-state index contributed by atoms with van der Waals surface area (Å²) in [7, 11) is 1.78. The summed E-state index contributed by atoms with van der Waals surface area (Å²) >= 11 is 0. The van der Waals surface area contributed by atoms with E-state index in [4.69, 9.17) is 4.74 Å². The predicted molar refractivity (Wildman–Crippen MR) is 133 cm³/mol. The zero-order chi connectivity index (χ0) is 25.4. The lowest BCUT2D eigenvalue weighted by Gasteiger charge is -2.26. The lowest BCUT2D eigenvalue weighted by Crippen LogP contribution is -2.35. The molecule has 0 saturated carbocycles. The molecule has 3 aromatic heterocycles. The van der Waals surface area contributed by atoms with E-state index in [9.17, 15) is 9.18 Å². The maximum absolute atomic E-state index is 14.3. The minimum atomic E-state index is -0.244. The van der Waals surface area contributed by atoms with Crippen LogP contribution in [0.5, 0.6) is 0 Å². The van der Waals surface area contributed by atoms with Crippen LogP contribution in [0.15, 0.2) is 47.4 Å². The van der Waals surface area contributed by atoms with Gasteiger partial charge < -0.3 is 15.0 Å². The maximum atomic E-state index is 14.3. The highest BCUT2D eigenvalue weighted by Gasteiger charge is 2.24. The summed E-state index contributed by atoms with van der Waals surface area (Å²) in [5.74, 6) is 1.00. The van der Waals surface area contributed by atoms with Crippen LogP contribution in [-0.2, 0) is 11.8 Å². The van der Waals surface area contributed by atoms with E-state index in [1.807, 2.05) is 19.9 Å². The van der Waals surface area contributed by atoms with Crippen LogP contribution >= 0.6 is 0 Å². The quantitative estimate of drug-likeness (QED) is 0.562. The zero-order valence-corrected chi connectivity index (χ0v) is 20.9. The van der Waals surface area contributed by atoms with Gasteiger partial charge in [0, 0.05) is 56.0 Å². The Kier molecular flexibility index (Phi) is 6.29. The van der Waals surface area contributed by atoms with Gasteiger partial charge in [-0.1, -0.05) is 6.08 Å². The molecule has 0 fully saturated rings. The molecule has 1 amide bonds. The fourth-order valence-corrected chi connectivity index (χ4v) is 4.78. The molecule has 0 unspecified atom stereocenters. The molecule has 2 aliphatic heterocycles. The van der Waals surface area contributed by atoms with E-state index in [-0.39, 0.29) is 18.3 Å². The van der Waals surface area contributed by atoms with Gasteiger partial charge >= 0.3 is 0 Å². The highest BCUT2D eigenvalue weighted by Crippen LogP contribution is 2.30. The minimum absolute atomic E-state index is 0.0382. The predicted octanol–water partition coefficient (Wildman–Crippen LogP) is 3.45. The average Bonchev–Trinajstić information content (AvgIpc) is 3.59. The molecular weight excluding hydrogens is 463 g/mol. The van der Waals surface area contributed by atoms with Crippen LogP contribution in [0.2, 0.25) is 0 Å². The number of hydrogen-bond acceptors (Lipinski definition) is 7. The Labute approximate surface area is 208 Å². The van der Waals surface area contributed by atoms with Crippen LogP contribution in [0.1, 0.15) is 48.4 Å². The Morgan fingerprint density at radius 1 is 1.28 bits per heavy atom. The fraction of sp³-hybridized carbons (Fsp3) is 0.400. The second-order valence-corrected chi connectivity index (χ2v) is 9.04. The molecule has 0 radical (unpaired) electrons. The molecule has 5 rings (SSSR count). The summed E-state index contributed by atoms with van der Waals surface area (Å²) < 4.78 is 23.2. The summed E-state index contributed by atoms with van der Waals surface area (Å²) in [5.41, 5.74) is 5.45. The highest BCUT2D eigenvalue weighted by atomic mass is 19.1. The lowest BCUT2D eigenvalue weighted by atomic mass is 10.0. The third-order valence-electron chi connectivity index (χ3n) is 6.70. The van der Waals surface area contributed by atoms with E-state index >= 15 is 0 Å². The van der Waals surface area contributed by atoms with Crippen molar-refractivity contribution in [3.8, 4) is 0 Å². The van der Waals surface area contributed by atoms with Gasteiger partial charge in [0.25, 0.3) is 5.91 Å². The highest BCUT2D eigenvalue weighted by molar-refractivity contribution is 5.93. The Morgan fingerprint density at radius 2 is 2.11 bits per heavy atom. The van der Waals surface area contributed by atoms with Crippen LogP contribution in [0.25, 0.3) is 11.2 Å². The molecule has 0 aliphatic carbocycles. The molecule has 0 saturated heterocycles. The summed E-state index contributed by atoms with van der Waals surface area (Å²) in [4.78, 5) is 19.3.